The number of likely N-dealkylation sites (tertiary alicyclic amines) is 1. The van der Waals surface area contributed by atoms with Crippen molar-refractivity contribution in [2.75, 3.05) is 19.7 Å². The largest absolute Gasteiger partial charge is 0.465 e. The zero-order valence-corrected chi connectivity index (χ0v) is 13.6. The second-order valence-electron chi connectivity index (χ2n) is 5.64. The van der Waals surface area contributed by atoms with Gasteiger partial charge in [0.1, 0.15) is 0 Å². The molecule has 1 aromatic rings. The fraction of sp³-hybridized carbons (Fsp3) is 0.389. The summed E-state index contributed by atoms with van der Waals surface area (Å²) in [6, 6.07) is 9.77. The standard InChI is InChI=1S/C18H20N2O4/c1-2-24-16(21)8-7-14-5-3-4-6-15(14)18(13-19)9-11-20(12-10-18)17(22)23/h3-8H,2,9-12H2,1H3,(H,22,23)/b8-7+. The van der Waals surface area contributed by atoms with E-state index in [1.54, 1.807) is 13.0 Å². The molecule has 0 aromatic heterocycles. The first-order valence-corrected chi connectivity index (χ1v) is 7.86. The van der Waals surface area contributed by atoms with Crippen molar-refractivity contribution in [3.05, 3.63) is 41.5 Å². The van der Waals surface area contributed by atoms with Crippen molar-refractivity contribution >= 4 is 18.1 Å². The molecule has 0 radical (unpaired) electrons. The number of carbonyl (C=O) groups excluding carboxylic acids is 1. The Bertz CT molecular complexity index is 683. The van der Waals surface area contributed by atoms with Crippen LogP contribution in [0.2, 0.25) is 0 Å². The van der Waals surface area contributed by atoms with Crippen molar-refractivity contribution in [1.29, 1.82) is 5.26 Å². The molecule has 1 saturated heterocycles. The van der Waals surface area contributed by atoms with E-state index in [2.05, 4.69) is 6.07 Å². The number of rotatable bonds is 4. The van der Waals surface area contributed by atoms with Gasteiger partial charge in [0.05, 0.1) is 18.1 Å². The molecular weight excluding hydrogens is 308 g/mol. The highest BCUT2D eigenvalue weighted by Gasteiger charge is 2.38. The molecule has 0 bridgehead atoms. The van der Waals surface area contributed by atoms with Gasteiger partial charge in [0.15, 0.2) is 0 Å². The molecule has 6 heteroatoms. The van der Waals surface area contributed by atoms with Gasteiger partial charge in [-0.25, -0.2) is 9.59 Å². The fourth-order valence-electron chi connectivity index (χ4n) is 2.95. The Morgan fingerprint density at radius 3 is 2.62 bits per heavy atom. The van der Waals surface area contributed by atoms with Gasteiger partial charge in [0, 0.05) is 19.2 Å². The highest BCUT2D eigenvalue weighted by Crippen LogP contribution is 2.37. The third-order valence-corrected chi connectivity index (χ3v) is 4.26. The van der Waals surface area contributed by atoms with E-state index in [0.717, 1.165) is 11.1 Å². The lowest BCUT2D eigenvalue weighted by Gasteiger charge is -2.37. The summed E-state index contributed by atoms with van der Waals surface area (Å²) in [7, 11) is 0. The quantitative estimate of drug-likeness (QED) is 0.678. The third kappa shape index (κ3) is 3.74. The maximum Gasteiger partial charge on any atom is 0.407 e. The molecular formula is C18H20N2O4. The number of carbonyl (C=O) groups is 2. The van der Waals surface area contributed by atoms with Crippen molar-refractivity contribution in [3.8, 4) is 6.07 Å². The third-order valence-electron chi connectivity index (χ3n) is 4.26. The number of ether oxygens (including phenoxy) is 1. The Morgan fingerprint density at radius 2 is 2.04 bits per heavy atom. The lowest BCUT2D eigenvalue weighted by Crippen LogP contribution is -2.44. The van der Waals surface area contributed by atoms with Gasteiger partial charge in [-0.1, -0.05) is 24.3 Å². The predicted octanol–water partition coefficient (Wildman–Crippen LogP) is 2.80. The van der Waals surface area contributed by atoms with Gasteiger partial charge in [-0.2, -0.15) is 5.26 Å². The van der Waals surface area contributed by atoms with Crippen molar-refractivity contribution in [2.24, 2.45) is 0 Å². The first-order chi connectivity index (χ1) is 11.5. The SMILES string of the molecule is CCOC(=O)/C=C/c1ccccc1C1(C#N)CCN(C(=O)O)CC1. The molecule has 0 unspecified atom stereocenters. The van der Waals surface area contributed by atoms with Crippen LogP contribution in [0.5, 0.6) is 0 Å². The first kappa shape index (κ1) is 17.5. The minimum atomic E-state index is -0.961. The molecule has 0 saturated carbocycles. The number of hydrogen-bond donors (Lipinski definition) is 1. The van der Waals surface area contributed by atoms with Gasteiger partial charge in [-0.3, -0.25) is 0 Å². The Morgan fingerprint density at radius 1 is 1.38 bits per heavy atom. The molecule has 1 aliphatic heterocycles. The van der Waals surface area contributed by atoms with E-state index in [9.17, 15) is 14.9 Å². The van der Waals surface area contributed by atoms with Crippen molar-refractivity contribution in [1.82, 2.24) is 4.90 Å². The molecule has 6 nitrogen and oxygen atoms in total. The molecule has 0 atom stereocenters. The van der Waals surface area contributed by atoms with Crippen molar-refractivity contribution < 1.29 is 19.4 Å². The molecule has 2 rings (SSSR count). The Hall–Kier alpha value is -2.81. The number of amides is 1. The zero-order chi connectivity index (χ0) is 17.6. The van der Waals surface area contributed by atoms with Crippen LogP contribution in [0.15, 0.2) is 30.3 Å². The normalized spacial score (nSPS) is 16.6. The van der Waals surface area contributed by atoms with E-state index in [1.807, 2.05) is 24.3 Å². The number of hydrogen-bond acceptors (Lipinski definition) is 4. The summed E-state index contributed by atoms with van der Waals surface area (Å²) in [5, 5.41) is 18.9. The number of nitriles is 1. The molecule has 1 fully saturated rings. The molecule has 0 spiro atoms. The van der Waals surface area contributed by atoms with Gasteiger partial charge in [-0.05, 0) is 37.0 Å². The molecule has 1 heterocycles. The van der Waals surface area contributed by atoms with E-state index in [4.69, 9.17) is 9.84 Å². The van der Waals surface area contributed by atoms with Crippen LogP contribution in [0.25, 0.3) is 6.08 Å². The van der Waals surface area contributed by atoms with Crippen LogP contribution in [0, 0.1) is 11.3 Å². The van der Waals surface area contributed by atoms with E-state index in [0.29, 0.717) is 32.5 Å². The van der Waals surface area contributed by atoms with E-state index in [1.165, 1.54) is 11.0 Å². The molecule has 1 N–H and O–H groups in total. The van der Waals surface area contributed by atoms with E-state index < -0.39 is 17.5 Å². The molecule has 24 heavy (non-hydrogen) atoms. The van der Waals surface area contributed by atoms with E-state index in [-0.39, 0.29) is 0 Å². The lowest BCUT2D eigenvalue weighted by atomic mass is 9.72. The van der Waals surface area contributed by atoms with Gasteiger partial charge < -0.3 is 14.7 Å². The Balaban J connectivity index is 2.29. The highest BCUT2D eigenvalue weighted by atomic mass is 16.5. The number of esters is 1. The maximum absolute atomic E-state index is 11.5. The van der Waals surface area contributed by atoms with Gasteiger partial charge in [-0.15, -0.1) is 0 Å². The van der Waals surface area contributed by atoms with Crippen LogP contribution in [0.4, 0.5) is 4.79 Å². The summed E-state index contributed by atoms with van der Waals surface area (Å²) >= 11 is 0. The number of carboxylic acid groups (broad SMARTS) is 1. The highest BCUT2D eigenvalue weighted by molar-refractivity contribution is 5.87. The van der Waals surface area contributed by atoms with Crippen LogP contribution in [-0.2, 0) is 14.9 Å². The summed E-state index contributed by atoms with van der Waals surface area (Å²) in [6.07, 6.45) is 2.90. The topological polar surface area (TPSA) is 90.6 Å². The molecule has 1 aliphatic rings. The second-order valence-corrected chi connectivity index (χ2v) is 5.64. The van der Waals surface area contributed by atoms with Crippen LogP contribution >= 0.6 is 0 Å². The summed E-state index contributed by atoms with van der Waals surface area (Å²) in [5.74, 6) is -0.431. The molecule has 126 valence electrons. The average Bonchev–Trinajstić information content (AvgIpc) is 2.60. The fourth-order valence-corrected chi connectivity index (χ4v) is 2.95. The number of nitrogens with zero attached hydrogens (tertiary/aromatic N) is 2. The number of piperidine rings is 1. The molecule has 0 aliphatic carbocycles. The van der Waals surface area contributed by atoms with Crippen LogP contribution in [0.1, 0.15) is 30.9 Å². The lowest BCUT2D eigenvalue weighted by molar-refractivity contribution is -0.137. The van der Waals surface area contributed by atoms with Crippen LogP contribution in [0.3, 0.4) is 0 Å². The summed E-state index contributed by atoms with van der Waals surface area (Å²) < 4.78 is 4.88. The minimum absolute atomic E-state index is 0.304. The maximum atomic E-state index is 11.5. The average molecular weight is 328 g/mol. The Labute approximate surface area is 140 Å². The van der Waals surface area contributed by atoms with Crippen LogP contribution in [-0.4, -0.2) is 41.8 Å². The monoisotopic (exact) mass is 328 g/mol. The molecule has 1 amide bonds. The minimum Gasteiger partial charge on any atom is -0.465 e. The first-order valence-electron chi connectivity index (χ1n) is 7.86. The molecule has 1 aromatic carbocycles. The number of benzene rings is 1. The zero-order valence-electron chi connectivity index (χ0n) is 13.6. The Kier molecular flexibility index (Phi) is 5.59. The van der Waals surface area contributed by atoms with Gasteiger partial charge in [0.2, 0.25) is 0 Å². The van der Waals surface area contributed by atoms with E-state index >= 15 is 0 Å². The van der Waals surface area contributed by atoms with Gasteiger partial charge >= 0.3 is 12.1 Å². The summed E-state index contributed by atoms with van der Waals surface area (Å²) in [6.45, 7) is 2.68. The summed E-state index contributed by atoms with van der Waals surface area (Å²) in [5.41, 5.74) is 0.843. The predicted molar refractivity (Wildman–Crippen MR) is 88.2 cm³/mol. The van der Waals surface area contributed by atoms with Crippen molar-refractivity contribution in [3.63, 3.8) is 0 Å². The van der Waals surface area contributed by atoms with Crippen molar-refractivity contribution in [2.45, 2.75) is 25.2 Å². The van der Waals surface area contributed by atoms with Crippen LogP contribution < -0.4 is 0 Å². The van der Waals surface area contributed by atoms with Gasteiger partial charge in [0.25, 0.3) is 0 Å². The smallest absolute Gasteiger partial charge is 0.407 e. The second kappa shape index (κ2) is 7.64. The summed E-state index contributed by atoms with van der Waals surface area (Å²) in [4.78, 5) is 23.9.